The van der Waals surface area contributed by atoms with Crippen molar-refractivity contribution < 1.29 is 15.0 Å². The molecule has 0 atom stereocenters. The van der Waals surface area contributed by atoms with Gasteiger partial charge in [0.1, 0.15) is 5.69 Å². The molecule has 1 heterocycles. The number of anilines is 1. The number of carbonyl (C=O) groups is 1. The highest BCUT2D eigenvalue weighted by Crippen LogP contribution is 2.31. The van der Waals surface area contributed by atoms with Crippen molar-refractivity contribution in [3.05, 3.63) is 65.5 Å². The van der Waals surface area contributed by atoms with E-state index in [9.17, 15) is 4.79 Å². The van der Waals surface area contributed by atoms with Crippen molar-refractivity contribution in [2.45, 2.75) is 13.8 Å². The molecule has 3 rings (SSSR count). The molecule has 2 aromatic carbocycles. The van der Waals surface area contributed by atoms with Gasteiger partial charge >= 0.3 is 5.97 Å². The molecule has 0 spiro atoms. The van der Waals surface area contributed by atoms with Crippen molar-refractivity contribution in [2.75, 3.05) is 19.5 Å². The van der Waals surface area contributed by atoms with Crippen LogP contribution in [0.25, 0.3) is 16.8 Å². The van der Waals surface area contributed by atoms with Crippen molar-refractivity contribution in [1.82, 2.24) is 4.57 Å². The van der Waals surface area contributed by atoms with Crippen LogP contribution in [0, 0.1) is 13.8 Å². The average Bonchev–Trinajstić information content (AvgIpc) is 3.04. The van der Waals surface area contributed by atoms with E-state index < -0.39 is 5.97 Å². The first-order valence-electron chi connectivity index (χ1n) is 8.75. The minimum Gasteiger partial charge on any atom is -0.465 e. The quantitative estimate of drug-likeness (QED) is 0.281. The lowest BCUT2D eigenvalue weighted by molar-refractivity contribution is -0.583. The lowest BCUT2D eigenvalue weighted by Gasteiger charge is -2.14. The molecule has 0 saturated heterocycles. The SMILES string of the molecule is CNc1c([NH2+]N)cc(-c2ccc(-n3c(C)ccc3C)cc2)cc1C(=O)OC. The van der Waals surface area contributed by atoms with E-state index >= 15 is 0 Å². The lowest BCUT2D eigenvalue weighted by atomic mass is 10.00. The third-order valence-electron chi connectivity index (χ3n) is 4.73. The van der Waals surface area contributed by atoms with Gasteiger partial charge in [0.05, 0.1) is 12.7 Å². The zero-order valence-corrected chi connectivity index (χ0v) is 16.0. The number of nitrogens with zero attached hydrogens (tertiary/aromatic N) is 1. The predicted octanol–water partition coefficient (Wildman–Crippen LogP) is 2.66. The van der Waals surface area contributed by atoms with Crippen molar-refractivity contribution in [3.63, 3.8) is 0 Å². The summed E-state index contributed by atoms with van der Waals surface area (Å²) in [6.07, 6.45) is 0. The Balaban J connectivity index is 2.07. The van der Waals surface area contributed by atoms with Crippen molar-refractivity contribution in [3.8, 4) is 16.8 Å². The summed E-state index contributed by atoms with van der Waals surface area (Å²) in [5.41, 5.74) is 8.72. The summed E-state index contributed by atoms with van der Waals surface area (Å²) in [6.45, 7) is 4.17. The van der Waals surface area contributed by atoms with Crippen LogP contribution in [0.15, 0.2) is 48.5 Å². The Morgan fingerprint density at radius 2 is 1.67 bits per heavy atom. The molecule has 6 heteroatoms. The Morgan fingerprint density at radius 3 is 2.19 bits per heavy atom. The number of nitrogens with one attached hydrogen (secondary N) is 1. The van der Waals surface area contributed by atoms with Gasteiger partial charge in [-0.25, -0.2) is 10.2 Å². The summed E-state index contributed by atoms with van der Waals surface area (Å²) >= 11 is 0. The molecule has 0 amide bonds. The van der Waals surface area contributed by atoms with Gasteiger partial charge in [-0.15, -0.1) is 0 Å². The molecule has 0 unspecified atom stereocenters. The van der Waals surface area contributed by atoms with Gasteiger partial charge < -0.3 is 14.6 Å². The topological polar surface area (TPSA) is 85.9 Å². The number of esters is 1. The highest BCUT2D eigenvalue weighted by Gasteiger charge is 2.19. The molecule has 140 valence electrons. The van der Waals surface area contributed by atoms with Gasteiger partial charge in [0.2, 0.25) is 0 Å². The molecule has 0 aliphatic rings. The molecule has 0 aliphatic heterocycles. The van der Waals surface area contributed by atoms with Crippen LogP contribution in [-0.2, 0) is 4.74 Å². The summed E-state index contributed by atoms with van der Waals surface area (Å²) in [7, 11) is 3.13. The van der Waals surface area contributed by atoms with Crippen LogP contribution in [-0.4, -0.2) is 24.7 Å². The fourth-order valence-electron chi connectivity index (χ4n) is 3.39. The maximum Gasteiger partial charge on any atom is 0.340 e. The number of nitrogens with two attached hydrogens (primary N) is 2. The second-order valence-electron chi connectivity index (χ2n) is 6.39. The standard InChI is InChI=1S/C21H24N4O2/c1-13-5-6-14(2)25(13)17-9-7-15(8-10-17)16-11-18(21(26)27-4)20(23-3)19(12-16)24-22/h5-12,23-24H,22H2,1-4H3/p+1. The van der Waals surface area contributed by atoms with Crippen LogP contribution in [0.3, 0.4) is 0 Å². The lowest BCUT2D eigenvalue weighted by Crippen LogP contribution is -2.85. The molecule has 0 bridgehead atoms. The number of hydrogen-bond acceptors (Lipinski definition) is 4. The van der Waals surface area contributed by atoms with Crippen LogP contribution in [0.4, 0.5) is 11.4 Å². The third kappa shape index (κ3) is 3.45. The average molecular weight is 365 g/mol. The molecule has 0 fully saturated rings. The van der Waals surface area contributed by atoms with Gasteiger partial charge in [-0.3, -0.25) is 0 Å². The van der Waals surface area contributed by atoms with Crippen molar-refractivity contribution in [1.29, 1.82) is 0 Å². The first-order valence-corrected chi connectivity index (χ1v) is 8.75. The summed E-state index contributed by atoms with van der Waals surface area (Å²) in [6, 6.07) is 16.2. The fourth-order valence-corrected chi connectivity index (χ4v) is 3.39. The Hall–Kier alpha value is -3.09. The molecule has 0 saturated carbocycles. The van der Waals surface area contributed by atoms with Crippen molar-refractivity contribution >= 4 is 17.3 Å². The number of aromatic nitrogens is 1. The van der Waals surface area contributed by atoms with Crippen LogP contribution < -0.4 is 16.6 Å². The molecule has 3 aromatic rings. The van der Waals surface area contributed by atoms with E-state index in [0.29, 0.717) is 11.3 Å². The van der Waals surface area contributed by atoms with Crippen LogP contribution in [0.5, 0.6) is 0 Å². The second-order valence-corrected chi connectivity index (χ2v) is 6.39. The van der Waals surface area contributed by atoms with Gasteiger partial charge in [0, 0.05) is 30.2 Å². The van der Waals surface area contributed by atoms with Crippen LogP contribution in [0.1, 0.15) is 21.7 Å². The van der Waals surface area contributed by atoms with E-state index in [0.717, 1.165) is 22.5 Å². The van der Waals surface area contributed by atoms with E-state index in [1.54, 1.807) is 7.05 Å². The third-order valence-corrected chi connectivity index (χ3v) is 4.73. The van der Waals surface area contributed by atoms with Gasteiger partial charge in [0.15, 0.2) is 5.69 Å². The van der Waals surface area contributed by atoms with E-state index in [4.69, 9.17) is 10.6 Å². The minimum absolute atomic E-state index is 0.403. The Labute approximate surface area is 158 Å². The van der Waals surface area contributed by atoms with Gasteiger partial charge in [-0.1, -0.05) is 12.1 Å². The first kappa shape index (κ1) is 18.7. The number of methoxy groups -OCH3 is 1. The first-order chi connectivity index (χ1) is 13.0. The minimum atomic E-state index is -0.403. The molecule has 27 heavy (non-hydrogen) atoms. The van der Waals surface area contributed by atoms with Gasteiger partial charge in [0.25, 0.3) is 0 Å². The van der Waals surface area contributed by atoms with E-state index in [1.807, 2.05) is 24.3 Å². The monoisotopic (exact) mass is 365 g/mol. The van der Waals surface area contributed by atoms with E-state index in [2.05, 4.69) is 48.0 Å². The summed E-state index contributed by atoms with van der Waals surface area (Å²) in [5.74, 6) is 5.38. The summed E-state index contributed by atoms with van der Waals surface area (Å²) in [5, 5.41) is 3.03. The predicted molar refractivity (Wildman–Crippen MR) is 107 cm³/mol. The highest BCUT2D eigenvalue weighted by atomic mass is 16.5. The van der Waals surface area contributed by atoms with E-state index in [1.165, 1.54) is 23.9 Å². The maximum atomic E-state index is 12.2. The molecular weight excluding hydrogens is 340 g/mol. The highest BCUT2D eigenvalue weighted by molar-refractivity contribution is 6.00. The number of rotatable bonds is 5. The molecular formula is C21H25N4O2+. The Kier molecular flexibility index (Phi) is 5.30. The zero-order valence-electron chi connectivity index (χ0n) is 16.0. The Morgan fingerprint density at radius 1 is 1.04 bits per heavy atom. The number of benzene rings is 2. The van der Waals surface area contributed by atoms with Crippen molar-refractivity contribution in [2.24, 2.45) is 5.84 Å². The molecule has 5 N–H and O–H groups in total. The summed E-state index contributed by atoms with van der Waals surface area (Å²) in [4.78, 5) is 12.2. The maximum absolute atomic E-state index is 12.2. The molecule has 1 aromatic heterocycles. The van der Waals surface area contributed by atoms with Gasteiger partial charge in [-0.05, 0) is 55.3 Å². The van der Waals surface area contributed by atoms with E-state index in [-0.39, 0.29) is 0 Å². The van der Waals surface area contributed by atoms with Gasteiger partial charge in [-0.2, -0.15) is 5.84 Å². The van der Waals surface area contributed by atoms with Crippen LogP contribution >= 0.6 is 0 Å². The fraction of sp³-hybridized carbons (Fsp3) is 0.190. The molecule has 0 radical (unpaired) electrons. The Bertz CT molecular complexity index is 955. The summed E-state index contributed by atoms with van der Waals surface area (Å²) < 4.78 is 7.13. The number of hydrogen-bond donors (Lipinski definition) is 3. The smallest absolute Gasteiger partial charge is 0.340 e. The number of carbonyl (C=O) groups excluding carboxylic acids is 1. The molecule has 0 aliphatic carbocycles. The second kappa shape index (κ2) is 7.65. The number of quaternary nitrogens is 1. The molecule has 6 nitrogen and oxygen atoms in total. The number of ether oxygens (including phenoxy) is 1. The largest absolute Gasteiger partial charge is 0.465 e. The van der Waals surface area contributed by atoms with Crippen LogP contribution in [0.2, 0.25) is 0 Å². The normalized spacial score (nSPS) is 10.7. The number of aryl methyl sites for hydroxylation is 2. The zero-order chi connectivity index (χ0) is 19.6.